The molecule has 0 aromatic carbocycles. The van der Waals surface area contributed by atoms with Crippen molar-refractivity contribution in [1.82, 2.24) is 14.7 Å². The van der Waals surface area contributed by atoms with Gasteiger partial charge in [-0.25, -0.2) is 4.79 Å². The van der Waals surface area contributed by atoms with E-state index in [1.807, 2.05) is 13.8 Å². The Kier molecular flexibility index (Phi) is 4.65. The number of hydrogen-bond acceptors (Lipinski definition) is 4. The van der Waals surface area contributed by atoms with Crippen LogP contribution in [0.2, 0.25) is 0 Å². The summed E-state index contributed by atoms with van der Waals surface area (Å²) in [6.07, 6.45) is 1.47. The number of rotatable bonds is 4. The average molecular weight is 240 g/mol. The van der Waals surface area contributed by atoms with E-state index >= 15 is 0 Å². The van der Waals surface area contributed by atoms with Gasteiger partial charge in [0.25, 0.3) is 5.91 Å². The molecule has 94 valence electrons. The van der Waals surface area contributed by atoms with E-state index in [9.17, 15) is 9.59 Å². The molecule has 0 unspecified atom stereocenters. The molecule has 0 aliphatic heterocycles. The molecule has 0 radical (unpaired) electrons. The van der Waals surface area contributed by atoms with Gasteiger partial charge >= 0.3 is 6.03 Å². The lowest BCUT2D eigenvalue weighted by Crippen LogP contribution is -2.34. The lowest BCUT2D eigenvalue weighted by Gasteiger charge is -2.17. The van der Waals surface area contributed by atoms with Crippen LogP contribution in [0, 0.1) is 0 Å². The fraction of sp³-hybridized carbons (Fsp3) is 0.500. The van der Waals surface area contributed by atoms with Gasteiger partial charge in [0.2, 0.25) is 0 Å². The number of carbonyl (C=O) groups is 2. The summed E-state index contributed by atoms with van der Waals surface area (Å²) in [5, 5.41) is 14.8. The van der Waals surface area contributed by atoms with Gasteiger partial charge < -0.3 is 15.3 Å². The first-order valence-corrected chi connectivity index (χ1v) is 5.38. The molecule has 1 aromatic heterocycles. The molecule has 0 saturated heterocycles. The summed E-state index contributed by atoms with van der Waals surface area (Å²) in [6, 6.07) is 1.24. The van der Waals surface area contributed by atoms with Gasteiger partial charge in [0.15, 0.2) is 5.82 Å². The number of nitrogens with zero attached hydrogens (tertiary/aromatic N) is 3. The number of aliphatic hydroxyl groups excluding tert-OH is 1. The highest BCUT2D eigenvalue weighted by atomic mass is 16.3. The first-order chi connectivity index (χ1) is 8.12. The number of carbonyl (C=O) groups excluding carboxylic acids is 2. The fourth-order valence-electron chi connectivity index (χ4n) is 1.32. The molecule has 7 nitrogen and oxygen atoms in total. The molecule has 0 aliphatic carbocycles. The smallest absolute Gasteiger partial charge is 0.344 e. The Morgan fingerprint density at radius 2 is 2.12 bits per heavy atom. The van der Waals surface area contributed by atoms with Gasteiger partial charge in [-0.1, -0.05) is 0 Å². The van der Waals surface area contributed by atoms with E-state index < -0.39 is 12.5 Å². The highest BCUT2D eigenvalue weighted by Crippen LogP contribution is 2.04. The Morgan fingerprint density at radius 1 is 1.47 bits per heavy atom. The number of hydrogen-bond donors (Lipinski definition) is 2. The summed E-state index contributed by atoms with van der Waals surface area (Å²) in [6.45, 7) is 4.32. The van der Waals surface area contributed by atoms with Gasteiger partial charge in [0.1, 0.15) is 6.61 Å². The number of aromatic nitrogens is 2. The third-order valence-electron chi connectivity index (χ3n) is 2.23. The van der Waals surface area contributed by atoms with Crippen LogP contribution in [0.25, 0.3) is 0 Å². The second-order valence-electron chi connectivity index (χ2n) is 3.31. The molecule has 2 N–H and O–H groups in total. The van der Waals surface area contributed by atoms with Gasteiger partial charge in [0, 0.05) is 25.4 Å². The highest BCUT2D eigenvalue weighted by Gasteiger charge is 2.13. The predicted octanol–water partition coefficient (Wildman–Crippen LogP) is 0.124. The molecular formula is C10H16N4O3. The van der Waals surface area contributed by atoms with Crippen molar-refractivity contribution in [3.8, 4) is 0 Å². The molecule has 0 aliphatic rings. The molecule has 0 bridgehead atoms. The summed E-state index contributed by atoms with van der Waals surface area (Å²) < 4.78 is 1.15. The average Bonchev–Trinajstić information content (AvgIpc) is 2.78. The van der Waals surface area contributed by atoms with E-state index in [1.54, 1.807) is 4.90 Å². The Bertz CT molecular complexity index is 398. The number of aliphatic hydroxyl groups is 1. The van der Waals surface area contributed by atoms with Gasteiger partial charge in [-0.05, 0) is 13.8 Å². The number of nitrogens with one attached hydrogen (secondary N) is 1. The first-order valence-electron chi connectivity index (χ1n) is 5.38. The van der Waals surface area contributed by atoms with Crippen LogP contribution in [0.15, 0.2) is 12.3 Å². The summed E-state index contributed by atoms with van der Waals surface area (Å²) in [5.74, 6) is -0.324. The number of anilines is 1. The van der Waals surface area contributed by atoms with E-state index in [0.29, 0.717) is 13.1 Å². The second-order valence-corrected chi connectivity index (χ2v) is 3.31. The van der Waals surface area contributed by atoms with Gasteiger partial charge in [-0.15, -0.1) is 5.10 Å². The van der Waals surface area contributed by atoms with Gasteiger partial charge in [0.05, 0.1) is 0 Å². The summed E-state index contributed by atoms with van der Waals surface area (Å²) in [4.78, 5) is 24.3. The van der Waals surface area contributed by atoms with Crippen molar-refractivity contribution in [2.24, 2.45) is 0 Å². The SMILES string of the molecule is CCN(CC)C(=O)n1ccc(NC(=O)CO)n1. The molecule has 7 heteroatoms. The van der Waals surface area contributed by atoms with Crippen LogP contribution in [0.3, 0.4) is 0 Å². The molecular weight excluding hydrogens is 224 g/mol. The molecule has 1 aromatic rings. The molecule has 2 amide bonds. The summed E-state index contributed by atoms with van der Waals surface area (Å²) in [7, 11) is 0. The number of amides is 2. The van der Waals surface area contributed by atoms with E-state index in [4.69, 9.17) is 5.11 Å². The predicted molar refractivity (Wildman–Crippen MR) is 61.7 cm³/mol. The van der Waals surface area contributed by atoms with Crippen molar-refractivity contribution in [1.29, 1.82) is 0 Å². The van der Waals surface area contributed by atoms with E-state index in [0.717, 1.165) is 4.68 Å². The Morgan fingerprint density at radius 3 is 2.65 bits per heavy atom. The van der Waals surface area contributed by atoms with Crippen molar-refractivity contribution in [3.63, 3.8) is 0 Å². The lowest BCUT2D eigenvalue weighted by atomic mass is 10.5. The molecule has 17 heavy (non-hydrogen) atoms. The Labute approximate surface area is 99.0 Å². The quantitative estimate of drug-likeness (QED) is 0.782. The van der Waals surface area contributed by atoms with Crippen LogP contribution in [0.5, 0.6) is 0 Å². The molecule has 1 heterocycles. The monoisotopic (exact) mass is 240 g/mol. The topological polar surface area (TPSA) is 87.5 Å². The van der Waals surface area contributed by atoms with Crippen LogP contribution in [-0.4, -0.2) is 51.4 Å². The molecule has 0 saturated carbocycles. The van der Waals surface area contributed by atoms with Crippen molar-refractivity contribution in [2.75, 3.05) is 25.0 Å². The second kappa shape index (κ2) is 6.00. The zero-order valence-electron chi connectivity index (χ0n) is 9.88. The van der Waals surface area contributed by atoms with Crippen LogP contribution in [-0.2, 0) is 4.79 Å². The minimum Gasteiger partial charge on any atom is -0.387 e. The van der Waals surface area contributed by atoms with E-state index in [1.165, 1.54) is 12.3 Å². The van der Waals surface area contributed by atoms with E-state index in [-0.39, 0.29) is 11.8 Å². The van der Waals surface area contributed by atoms with E-state index in [2.05, 4.69) is 10.4 Å². The maximum atomic E-state index is 11.8. The Balaban J connectivity index is 2.73. The maximum absolute atomic E-state index is 11.8. The zero-order chi connectivity index (χ0) is 12.8. The minimum absolute atomic E-state index is 0.240. The van der Waals surface area contributed by atoms with Gasteiger partial charge in [-0.2, -0.15) is 4.68 Å². The van der Waals surface area contributed by atoms with Gasteiger partial charge in [-0.3, -0.25) is 4.79 Å². The van der Waals surface area contributed by atoms with Crippen LogP contribution in [0.4, 0.5) is 10.6 Å². The first kappa shape index (κ1) is 13.2. The van der Waals surface area contributed by atoms with Crippen molar-refractivity contribution in [2.45, 2.75) is 13.8 Å². The van der Waals surface area contributed by atoms with Crippen molar-refractivity contribution < 1.29 is 14.7 Å². The van der Waals surface area contributed by atoms with Crippen molar-refractivity contribution >= 4 is 17.8 Å². The zero-order valence-corrected chi connectivity index (χ0v) is 9.88. The highest BCUT2D eigenvalue weighted by molar-refractivity contribution is 5.90. The minimum atomic E-state index is -0.614. The summed E-state index contributed by atoms with van der Waals surface area (Å²) in [5.41, 5.74) is 0. The van der Waals surface area contributed by atoms with Crippen LogP contribution in [0.1, 0.15) is 13.8 Å². The summed E-state index contributed by atoms with van der Waals surface area (Å²) >= 11 is 0. The lowest BCUT2D eigenvalue weighted by molar-refractivity contribution is -0.118. The maximum Gasteiger partial charge on any atom is 0.344 e. The fourth-order valence-corrected chi connectivity index (χ4v) is 1.32. The molecule has 1 rings (SSSR count). The van der Waals surface area contributed by atoms with Crippen molar-refractivity contribution in [3.05, 3.63) is 12.3 Å². The third-order valence-corrected chi connectivity index (χ3v) is 2.23. The molecule has 0 spiro atoms. The van der Waals surface area contributed by atoms with Crippen LogP contribution < -0.4 is 5.32 Å². The standard InChI is InChI=1S/C10H16N4O3/c1-3-13(4-2)10(17)14-6-5-8(12-14)11-9(16)7-15/h5-6,15H,3-4,7H2,1-2H3,(H,11,12,16). The normalized spacial score (nSPS) is 10.1. The largest absolute Gasteiger partial charge is 0.387 e. The molecule has 0 fully saturated rings. The Hall–Kier alpha value is -1.89. The van der Waals surface area contributed by atoms with Crippen LogP contribution >= 0.6 is 0 Å². The third kappa shape index (κ3) is 3.28. The molecule has 0 atom stereocenters.